The van der Waals surface area contributed by atoms with Crippen molar-refractivity contribution in [1.82, 2.24) is 0 Å². The van der Waals surface area contributed by atoms with E-state index in [9.17, 15) is 10.1 Å². The molecule has 0 aliphatic heterocycles. The minimum absolute atomic E-state index is 0.0708. The number of nitro benzene ring substituents is 1. The van der Waals surface area contributed by atoms with Crippen molar-refractivity contribution in [3.63, 3.8) is 0 Å². The molecule has 0 atom stereocenters. The summed E-state index contributed by atoms with van der Waals surface area (Å²) in [5.74, 6) is 1.19. The number of halogens is 2. The SMILES string of the molecule is Cc1cc(Oc2ccc([N+](=O)[O-])c(CBr)c2)ccc1Cl. The highest BCUT2D eigenvalue weighted by atomic mass is 79.9. The maximum Gasteiger partial charge on any atom is 0.273 e. The van der Waals surface area contributed by atoms with Gasteiger partial charge in [0, 0.05) is 22.0 Å². The maximum absolute atomic E-state index is 10.9. The molecule has 0 saturated carbocycles. The van der Waals surface area contributed by atoms with Crippen LogP contribution in [0.2, 0.25) is 5.02 Å². The van der Waals surface area contributed by atoms with Crippen molar-refractivity contribution in [1.29, 1.82) is 0 Å². The summed E-state index contributed by atoms with van der Waals surface area (Å²) >= 11 is 9.19. The van der Waals surface area contributed by atoms with E-state index in [1.807, 2.05) is 13.0 Å². The van der Waals surface area contributed by atoms with Crippen LogP contribution < -0.4 is 4.74 Å². The first-order valence-corrected chi connectivity index (χ1v) is 7.28. The topological polar surface area (TPSA) is 52.4 Å². The average molecular weight is 357 g/mol. The van der Waals surface area contributed by atoms with Crippen LogP contribution in [0.4, 0.5) is 5.69 Å². The minimum Gasteiger partial charge on any atom is -0.457 e. The second-order valence-electron chi connectivity index (χ2n) is 4.19. The Morgan fingerprint density at radius 2 is 1.90 bits per heavy atom. The van der Waals surface area contributed by atoms with Crippen LogP contribution >= 0.6 is 27.5 Å². The average Bonchev–Trinajstić information content (AvgIpc) is 2.42. The largest absolute Gasteiger partial charge is 0.457 e. The number of nitrogens with zero attached hydrogens (tertiary/aromatic N) is 1. The van der Waals surface area contributed by atoms with Gasteiger partial charge in [-0.1, -0.05) is 27.5 Å². The summed E-state index contributed by atoms with van der Waals surface area (Å²) in [5, 5.41) is 11.9. The first kappa shape index (κ1) is 14.8. The van der Waals surface area contributed by atoms with Crippen LogP contribution in [0.1, 0.15) is 11.1 Å². The van der Waals surface area contributed by atoms with E-state index < -0.39 is 4.92 Å². The van der Waals surface area contributed by atoms with Crippen molar-refractivity contribution >= 4 is 33.2 Å². The molecule has 0 amide bonds. The second kappa shape index (κ2) is 6.24. The Balaban J connectivity index is 2.29. The van der Waals surface area contributed by atoms with Crippen LogP contribution in [-0.4, -0.2) is 4.92 Å². The normalized spacial score (nSPS) is 10.3. The van der Waals surface area contributed by atoms with E-state index in [1.165, 1.54) is 6.07 Å². The molecular formula is C14H11BrClNO3. The number of rotatable bonds is 4. The number of alkyl halides is 1. The predicted molar refractivity (Wildman–Crippen MR) is 82.0 cm³/mol. The standard InChI is InChI=1S/C14H11BrClNO3/c1-9-6-11(2-4-13(9)16)20-12-3-5-14(17(18)19)10(7-12)8-15/h2-7H,8H2,1H3. The molecule has 0 heterocycles. The van der Waals surface area contributed by atoms with Gasteiger partial charge in [-0.15, -0.1) is 0 Å². The monoisotopic (exact) mass is 355 g/mol. The first-order chi connectivity index (χ1) is 9.51. The van der Waals surface area contributed by atoms with Crippen LogP contribution in [-0.2, 0) is 5.33 Å². The molecule has 20 heavy (non-hydrogen) atoms. The fourth-order valence-electron chi connectivity index (χ4n) is 1.73. The Morgan fingerprint density at radius 3 is 2.50 bits per heavy atom. The lowest BCUT2D eigenvalue weighted by Crippen LogP contribution is -1.94. The van der Waals surface area contributed by atoms with Gasteiger partial charge in [0.25, 0.3) is 5.69 Å². The van der Waals surface area contributed by atoms with Gasteiger partial charge in [0.15, 0.2) is 0 Å². The quantitative estimate of drug-likeness (QED) is 0.427. The zero-order chi connectivity index (χ0) is 14.7. The Bertz CT molecular complexity index is 661. The zero-order valence-corrected chi connectivity index (χ0v) is 12.9. The highest BCUT2D eigenvalue weighted by molar-refractivity contribution is 9.08. The molecular weight excluding hydrogens is 346 g/mol. The summed E-state index contributed by atoms with van der Waals surface area (Å²) < 4.78 is 5.69. The number of aryl methyl sites for hydroxylation is 1. The van der Waals surface area contributed by atoms with Gasteiger partial charge in [0.2, 0.25) is 0 Å². The molecule has 0 radical (unpaired) electrons. The Kier molecular flexibility index (Phi) is 4.62. The van der Waals surface area contributed by atoms with Crippen LogP contribution in [0, 0.1) is 17.0 Å². The van der Waals surface area contributed by atoms with Crippen LogP contribution in [0.25, 0.3) is 0 Å². The lowest BCUT2D eigenvalue weighted by Gasteiger charge is -2.08. The van der Waals surface area contributed by atoms with Gasteiger partial charge in [-0.25, -0.2) is 0 Å². The lowest BCUT2D eigenvalue weighted by atomic mass is 10.2. The van der Waals surface area contributed by atoms with Crippen LogP contribution in [0.15, 0.2) is 36.4 Å². The Labute approximate surface area is 129 Å². The molecule has 2 aromatic rings. The summed E-state index contributed by atoms with van der Waals surface area (Å²) in [6.07, 6.45) is 0. The van der Waals surface area contributed by atoms with Gasteiger partial charge in [-0.05, 0) is 42.8 Å². The van der Waals surface area contributed by atoms with Crippen molar-refractivity contribution in [2.24, 2.45) is 0 Å². The van der Waals surface area contributed by atoms with Crippen molar-refractivity contribution < 1.29 is 9.66 Å². The molecule has 0 N–H and O–H groups in total. The molecule has 0 bridgehead atoms. The van der Waals surface area contributed by atoms with Crippen LogP contribution in [0.5, 0.6) is 11.5 Å². The number of hydrogen-bond donors (Lipinski definition) is 0. The van der Waals surface area contributed by atoms with E-state index in [0.717, 1.165) is 5.56 Å². The van der Waals surface area contributed by atoms with E-state index in [-0.39, 0.29) is 5.69 Å². The third-order valence-electron chi connectivity index (χ3n) is 2.76. The number of nitro groups is 1. The molecule has 0 spiro atoms. The van der Waals surface area contributed by atoms with E-state index >= 15 is 0 Å². The summed E-state index contributed by atoms with van der Waals surface area (Å²) in [4.78, 5) is 10.5. The first-order valence-electron chi connectivity index (χ1n) is 5.78. The minimum atomic E-state index is -0.410. The predicted octanol–water partition coefficient (Wildman–Crippen LogP) is 5.24. The molecule has 0 fully saturated rings. The fraction of sp³-hybridized carbons (Fsp3) is 0.143. The van der Waals surface area contributed by atoms with Gasteiger partial charge >= 0.3 is 0 Å². The number of hydrogen-bond acceptors (Lipinski definition) is 3. The van der Waals surface area contributed by atoms with E-state index in [2.05, 4.69) is 15.9 Å². The smallest absolute Gasteiger partial charge is 0.273 e. The van der Waals surface area contributed by atoms with Crippen LogP contribution in [0.3, 0.4) is 0 Å². The summed E-state index contributed by atoms with van der Waals surface area (Å²) in [6.45, 7) is 1.88. The van der Waals surface area contributed by atoms with Crippen molar-refractivity contribution in [3.05, 3.63) is 62.7 Å². The van der Waals surface area contributed by atoms with Gasteiger partial charge in [-0.3, -0.25) is 10.1 Å². The summed E-state index contributed by atoms with van der Waals surface area (Å²) in [7, 11) is 0. The highest BCUT2D eigenvalue weighted by Gasteiger charge is 2.13. The molecule has 2 aromatic carbocycles. The number of benzene rings is 2. The van der Waals surface area contributed by atoms with Gasteiger partial charge in [-0.2, -0.15) is 0 Å². The Hall–Kier alpha value is -1.59. The maximum atomic E-state index is 10.9. The van der Waals surface area contributed by atoms with Gasteiger partial charge < -0.3 is 4.74 Å². The molecule has 104 valence electrons. The lowest BCUT2D eigenvalue weighted by molar-refractivity contribution is -0.385. The summed E-state index contributed by atoms with van der Waals surface area (Å²) in [6, 6.07) is 9.99. The van der Waals surface area contributed by atoms with Gasteiger partial charge in [0.05, 0.1) is 4.92 Å². The molecule has 6 heteroatoms. The number of ether oxygens (including phenoxy) is 1. The fourth-order valence-corrected chi connectivity index (χ4v) is 2.29. The van der Waals surface area contributed by atoms with Crippen molar-refractivity contribution in [3.8, 4) is 11.5 Å². The highest BCUT2D eigenvalue weighted by Crippen LogP contribution is 2.30. The molecule has 0 aliphatic rings. The molecule has 0 aliphatic carbocycles. The van der Waals surface area contributed by atoms with E-state index in [1.54, 1.807) is 24.3 Å². The molecule has 4 nitrogen and oxygen atoms in total. The Morgan fingerprint density at radius 1 is 1.25 bits per heavy atom. The van der Waals surface area contributed by atoms with E-state index in [0.29, 0.717) is 27.4 Å². The molecule has 0 unspecified atom stereocenters. The zero-order valence-electron chi connectivity index (χ0n) is 10.6. The van der Waals surface area contributed by atoms with Crippen molar-refractivity contribution in [2.45, 2.75) is 12.3 Å². The molecule has 0 saturated heterocycles. The molecule has 2 rings (SSSR count). The third-order valence-corrected chi connectivity index (χ3v) is 3.78. The second-order valence-corrected chi connectivity index (χ2v) is 5.16. The summed E-state index contributed by atoms with van der Waals surface area (Å²) in [5.41, 5.74) is 1.55. The third kappa shape index (κ3) is 3.29. The van der Waals surface area contributed by atoms with E-state index in [4.69, 9.17) is 16.3 Å². The van der Waals surface area contributed by atoms with Gasteiger partial charge in [0.1, 0.15) is 11.5 Å². The molecule has 0 aromatic heterocycles. The van der Waals surface area contributed by atoms with Crippen molar-refractivity contribution in [2.75, 3.05) is 0 Å².